The summed E-state index contributed by atoms with van der Waals surface area (Å²) < 4.78 is 0. The van der Waals surface area contributed by atoms with E-state index in [2.05, 4.69) is 80.9 Å². The summed E-state index contributed by atoms with van der Waals surface area (Å²) in [5, 5.41) is 7.05. The smallest absolute Gasteiger partial charge is 0.191 e. The van der Waals surface area contributed by atoms with Crippen molar-refractivity contribution >= 4 is 11.6 Å². The van der Waals surface area contributed by atoms with Gasteiger partial charge in [0.2, 0.25) is 0 Å². The number of anilines is 1. The number of nitrogens with zero attached hydrogens (tertiary/aromatic N) is 4. The van der Waals surface area contributed by atoms with E-state index in [-0.39, 0.29) is 0 Å². The molecule has 2 N–H and O–H groups in total. The lowest BCUT2D eigenvalue weighted by molar-refractivity contribution is 0.196. The van der Waals surface area contributed by atoms with Crippen molar-refractivity contribution in [1.82, 2.24) is 20.5 Å². The number of hydrogen-bond acceptors (Lipinski definition) is 4. The van der Waals surface area contributed by atoms with E-state index in [1.807, 2.05) is 12.3 Å². The Kier molecular flexibility index (Phi) is 7.56. The summed E-state index contributed by atoms with van der Waals surface area (Å²) in [6.45, 7) is 8.79. The van der Waals surface area contributed by atoms with Crippen LogP contribution in [0.5, 0.6) is 0 Å². The van der Waals surface area contributed by atoms with E-state index in [1.54, 1.807) is 0 Å². The van der Waals surface area contributed by atoms with Crippen LogP contribution in [0.3, 0.4) is 0 Å². The zero-order chi connectivity index (χ0) is 21.3. The van der Waals surface area contributed by atoms with Crippen LogP contribution in [0, 0.1) is 0 Å². The number of hydrogen-bond donors (Lipinski definition) is 2. The quantitative estimate of drug-likeness (QED) is 0.411. The topological polar surface area (TPSA) is 55.8 Å². The van der Waals surface area contributed by atoms with Gasteiger partial charge in [-0.2, -0.15) is 0 Å². The molecule has 2 aliphatic rings. The maximum Gasteiger partial charge on any atom is 0.191 e. The molecular weight excluding hydrogens is 384 g/mol. The Hall–Kier alpha value is -2.86. The summed E-state index contributed by atoms with van der Waals surface area (Å²) in [7, 11) is 0. The van der Waals surface area contributed by atoms with Crippen LogP contribution in [0.15, 0.2) is 65.8 Å². The summed E-state index contributed by atoms with van der Waals surface area (Å²) in [5.41, 5.74) is 3.66. The zero-order valence-corrected chi connectivity index (χ0v) is 18.5. The normalized spacial score (nSPS) is 17.8. The number of pyridine rings is 1. The first-order valence-corrected chi connectivity index (χ1v) is 11.5. The average Bonchev–Trinajstić information content (AvgIpc) is 3.35. The van der Waals surface area contributed by atoms with E-state index in [0.717, 1.165) is 63.8 Å². The molecule has 6 heteroatoms. The molecule has 0 bridgehead atoms. The fourth-order valence-corrected chi connectivity index (χ4v) is 4.14. The first-order chi connectivity index (χ1) is 15.3. The van der Waals surface area contributed by atoms with Gasteiger partial charge in [0.05, 0.1) is 12.2 Å². The number of rotatable bonds is 7. The van der Waals surface area contributed by atoms with E-state index in [9.17, 15) is 0 Å². The molecule has 1 aromatic carbocycles. The molecule has 0 radical (unpaired) electrons. The average molecular weight is 419 g/mol. The number of likely N-dealkylation sites (tertiary alicyclic amines) is 1. The van der Waals surface area contributed by atoms with Crippen molar-refractivity contribution in [3.63, 3.8) is 0 Å². The molecule has 2 aliphatic heterocycles. The number of nitrogens with one attached hydrogen (secondary N) is 2. The Bertz CT molecular complexity index is 845. The lowest BCUT2D eigenvalue weighted by Crippen LogP contribution is -2.48. The Morgan fingerprint density at radius 3 is 2.52 bits per heavy atom. The van der Waals surface area contributed by atoms with Gasteiger partial charge in [-0.05, 0) is 49.6 Å². The summed E-state index contributed by atoms with van der Waals surface area (Å²) in [4.78, 5) is 14.1. The molecule has 1 aromatic heterocycles. The Labute approximate surface area is 186 Å². The van der Waals surface area contributed by atoms with Crippen molar-refractivity contribution < 1.29 is 0 Å². The highest BCUT2D eigenvalue weighted by Crippen LogP contribution is 2.18. The first kappa shape index (κ1) is 21.4. The molecule has 4 rings (SSSR count). The number of aliphatic imine (C=N–C) groups is 1. The predicted octanol–water partition coefficient (Wildman–Crippen LogP) is 3.18. The van der Waals surface area contributed by atoms with Gasteiger partial charge < -0.3 is 15.5 Å². The third kappa shape index (κ3) is 6.31. The molecule has 3 heterocycles. The second-order valence-electron chi connectivity index (χ2n) is 8.25. The summed E-state index contributed by atoms with van der Waals surface area (Å²) >= 11 is 0. The highest BCUT2D eigenvalue weighted by Gasteiger charge is 2.20. The molecule has 0 atom stereocenters. The molecule has 0 unspecified atom stereocenters. The van der Waals surface area contributed by atoms with E-state index < -0.39 is 0 Å². The van der Waals surface area contributed by atoms with E-state index in [1.165, 1.54) is 11.3 Å². The van der Waals surface area contributed by atoms with Crippen LogP contribution in [0.1, 0.15) is 31.0 Å². The second kappa shape index (κ2) is 11.0. The highest BCUT2D eigenvalue weighted by molar-refractivity contribution is 5.80. The van der Waals surface area contributed by atoms with Crippen molar-refractivity contribution in [3.8, 4) is 0 Å². The zero-order valence-electron chi connectivity index (χ0n) is 18.5. The van der Waals surface area contributed by atoms with Gasteiger partial charge in [0, 0.05) is 57.2 Å². The van der Waals surface area contributed by atoms with Gasteiger partial charge in [0.1, 0.15) is 0 Å². The molecule has 1 saturated heterocycles. The van der Waals surface area contributed by atoms with E-state index >= 15 is 0 Å². The molecule has 31 heavy (non-hydrogen) atoms. The maximum atomic E-state index is 4.84. The first-order valence-electron chi connectivity index (χ1n) is 11.5. The van der Waals surface area contributed by atoms with Crippen LogP contribution in [-0.2, 0) is 13.1 Å². The molecule has 0 amide bonds. The summed E-state index contributed by atoms with van der Waals surface area (Å²) in [6, 6.07) is 15.4. The van der Waals surface area contributed by atoms with Crippen LogP contribution >= 0.6 is 0 Å². The van der Waals surface area contributed by atoms with Crippen LogP contribution in [0.25, 0.3) is 0 Å². The van der Waals surface area contributed by atoms with Crippen molar-refractivity contribution in [2.45, 2.75) is 38.9 Å². The van der Waals surface area contributed by atoms with Gasteiger partial charge in [0.25, 0.3) is 0 Å². The van der Waals surface area contributed by atoms with Gasteiger partial charge in [-0.25, -0.2) is 4.99 Å². The molecule has 164 valence electrons. The third-order valence-corrected chi connectivity index (χ3v) is 5.92. The van der Waals surface area contributed by atoms with Gasteiger partial charge >= 0.3 is 0 Å². The molecule has 2 aromatic rings. The van der Waals surface area contributed by atoms with Crippen molar-refractivity contribution in [3.05, 3.63) is 72.1 Å². The standard InChI is InChI=1S/C25H34N6/c1-2-26-25(28-19-21-8-10-24(11-9-21)31-15-5-6-16-31)29-22-12-17-30(18-13-22)20-23-7-3-4-14-27-23/h3-11,14,22H,2,12-13,15-20H2,1H3,(H2,26,28,29). The number of guanidine groups is 1. The fraction of sp³-hybridized carbons (Fsp3) is 0.440. The third-order valence-electron chi connectivity index (χ3n) is 5.92. The van der Waals surface area contributed by atoms with Gasteiger partial charge in [-0.3, -0.25) is 9.88 Å². The van der Waals surface area contributed by atoms with Gasteiger partial charge in [0.15, 0.2) is 5.96 Å². The van der Waals surface area contributed by atoms with E-state index in [4.69, 9.17) is 4.99 Å². The minimum Gasteiger partial charge on any atom is -0.364 e. The second-order valence-corrected chi connectivity index (χ2v) is 8.25. The van der Waals surface area contributed by atoms with Crippen LogP contribution < -0.4 is 15.5 Å². The fourth-order valence-electron chi connectivity index (χ4n) is 4.14. The SMILES string of the molecule is CCNC(=NCc1ccc(N2CC=CC2)cc1)NC1CCN(Cc2ccccn2)CC1. The minimum absolute atomic E-state index is 0.461. The largest absolute Gasteiger partial charge is 0.364 e. The number of piperidine rings is 1. The molecule has 0 spiro atoms. The number of aromatic nitrogens is 1. The van der Waals surface area contributed by atoms with Crippen molar-refractivity contribution in [2.75, 3.05) is 37.6 Å². The number of benzene rings is 1. The summed E-state index contributed by atoms with van der Waals surface area (Å²) in [6.07, 6.45) is 8.55. The minimum atomic E-state index is 0.461. The van der Waals surface area contributed by atoms with Crippen LogP contribution in [0.2, 0.25) is 0 Å². The van der Waals surface area contributed by atoms with Crippen molar-refractivity contribution in [2.24, 2.45) is 4.99 Å². The molecule has 6 nitrogen and oxygen atoms in total. The lowest BCUT2D eigenvalue weighted by atomic mass is 10.0. The molecule has 1 fully saturated rings. The van der Waals surface area contributed by atoms with E-state index in [0.29, 0.717) is 12.6 Å². The maximum absolute atomic E-state index is 4.84. The molecule has 0 saturated carbocycles. The predicted molar refractivity (Wildman–Crippen MR) is 128 cm³/mol. The Balaban J connectivity index is 1.26. The highest BCUT2D eigenvalue weighted by atomic mass is 15.2. The Morgan fingerprint density at radius 2 is 1.84 bits per heavy atom. The van der Waals surface area contributed by atoms with Crippen molar-refractivity contribution in [1.29, 1.82) is 0 Å². The van der Waals surface area contributed by atoms with Crippen LogP contribution in [-0.4, -0.2) is 54.6 Å². The molecule has 0 aliphatic carbocycles. The lowest BCUT2D eigenvalue weighted by Gasteiger charge is -2.32. The monoisotopic (exact) mass is 418 g/mol. The molecular formula is C25H34N6. The van der Waals surface area contributed by atoms with Crippen LogP contribution in [0.4, 0.5) is 5.69 Å². The van der Waals surface area contributed by atoms with Gasteiger partial charge in [-0.1, -0.05) is 30.4 Å². The van der Waals surface area contributed by atoms with Gasteiger partial charge in [-0.15, -0.1) is 0 Å². The Morgan fingerprint density at radius 1 is 1.06 bits per heavy atom. The summed E-state index contributed by atoms with van der Waals surface area (Å²) in [5.74, 6) is 0.915.